The highest BCUT2D eigenvalue weighted by atomic mass is 16.3. The quantitative estimate of drug-likeness (QED) is 0.397. The van der Waals surface area contributed by atoms with Crippen LogP contribution in [-0.2, 0) is 0 Å². The van der Waals surface area contributed by atoms with Gasteiger partial charge in [0.25, 0.3) is 5.91 Å². The zero-order valence-electron chi connectivity index (χ0n) is 18.9. The van der Waals surface area contributed by atoms with Gasteiger partial charge in [0.2, 0.25) is 5.95 Å². The van der Waals surface area contributed by atoms with Crippen molar-refractivity contribution in [3.63, 3.8) is 0 Å². The van der Waals surface area contributed by atoms with E-state index in [-0.39, 0.29) is 5.91 Å². The minimum atomic E-state index is -0.827. The van der Waals surface area contributed by atoms with Gasteiger partial charge in [0, 0.05) is 35.2 Å². The molecule has 2 unspecified atom stereocenters. The first-order valence-corrected chi connectivity index (χ1v) is 11.1. The fraction of sp³-hybridized carbons (Fsp3) is 0.192. The minimum absolute atomic E-state index is 0.266. The highest BCUT2D eigenvalue weighted by Gasteiger charge is 2.35. The summed E-state index contributed by atoms with van der Waals surface area (Å²) in [5.74, 6) is 0.833. The molecule has 0 spiro atoms. The summed E-state index contributed by atoms with van der Waals surface area (Å²) < 4.78 is 7.18. The van der Waals surface area contributed by atoms with Crippen molar-refractivity contribution < 1.29 is 14.3 Å². The van der Waals surface area contributed by atoms with E-state index in [4.69, 9.17) is 4.42 Å². The molecule has 0 saturated heterocycles. The summed E-state index contributed by atoms with van der Waals surface area (Å²) in [6, 6.07) is 9.39. The molecule has 4 aromatic rings. The van der Waals surface area contributed by atoms with E-state index in [9.17, 15) is 9.90 Å². The molecule has 1 amide bonds. The molecule has 0 saturated carbocycles. The van der Waals surface area contributed by atoms with E-state index in [1.165, 1.54) is 0 Å². The Balaban J connectivity index is 1.37. The molecule has 8 nitrogen and oxygen atoms in total. The summed E-state index contributed by atoms with van der Waals surface area (Å²) in [7, 11) is 0. The van der Waals surface area contributed by atoms with Crippen LogP contribution < -0.4 is 10.6 Å². The Hall–Kier alpha value is -4.17. The van der Waals surface area contributed by atoms with Crippen LogP contribution in [0.25, 0.3) is 16.8 Å². The molecule has 3 heterocycles. The number of rotatable bonds is 6. The fourth-order valence-corrected chi connectivity index (χ4v) is 4.07. The molecule has 1 aromatic carbocycles. The first-order valence-electron chi connectivity index (χ1n) is 11.1. The van der Waals surface area contributed by atoms with Gasteiger partial charge in [-0.25, -0.2) is 4.98 Å². The third-order valence-electron chi connectivity index (χ3n) is 6.11. The Kier molecular flexibility index (Phi) is 5.51. The Labute approximate surface area is 196 Å². The number of allylic oxidation sites excluding steroid dienone is 2. The van der Waals surface area contributed by atoms with Gasteiger partial charge in [0.15, 0.2) is 0 Å². The second kappa shape index (κ2) is 8.64. The Morgan fingerprint density at radius 2 is 2.15 bits per heavy atom. The smallest absolute Gasteiger partial charge is 0.253 e. The van der Waals surface area contributed by atoms with Crippen LogP contribution in [0.15, 0.2) is 83.9 Å². The van der Waals surface area contributed by atoms with Crippen LogP contribution in [0.4, 0.5) is 11.6 Å². The van der Waals surface area contributed by atoms with Crippen LogP contribution in [0.2, 0.25) is 0 Å². The van der Waals surface area contributed by atoms with Crippen molar-refractivity contribution in [2.45, 2.75) is 31.9 Å². The van der Waals surface area contributed by atoms with Crippen molar-refractivity contribution in [1.29, 1.82) is 0 Å². The number of nitrogens with zero attached hydrogens (tertiary/aromatic N) is 3. The van der Waals surface area contributed by atoms with Gasteiger partial charge in [0.05, 0.1) is 23.5 Å². The highest BCUT2D eigenvalue weighted by molar-refractivity contribution is 5.95. The van der Waals surface area contributed by atoms with Gasteiger partial charge in [-0.3, -0.25) is 4.79 Å². The first kappa shape index (κ1) is 21.7. The molecule has 2 atom stereocenters. The maximum atomic E-state index is 13.0. The number of amides is 1. The molecule has 0 fully saturated rings. The summed E-state index contributed by atoms with van der Waals surface area (Å²) in [6.07, 6.45) is 13.8. The summed E-state index contributed by atoms with van der Waals surface area (Å²) in [4.78, 5) is 22.1. The van der Waals surface area contributed by atoms with Crippen LogP contribution in [0.5, 0.6) is 0 Å². The zero-order chi connectivity index (χ0) is 23.7. The number of aryl methyl sites for hydroxylation is 1. The fourth-order valence-electron chi connectivity index (χ4n) is 4.07. The number of furan rings is 1. The van der Waals surface area contributed by atoms with Crippen LogP contribution in [0.1, 0.15) is 29.3 Å². The van der Waals surface area contributed by atoms with E-state index in [2.05, 4.69) is 20.6 Å². The number of nitrogens with one attached hydrogen (secondary N) is 2. The summed E-state index contributed by atoms with van der Waals surface area (Å²) in [5.41, 5.74) is 2.16. The highest BCUT2D eigenvalue weighted by Crippen LogP contribution is 2.25. The standard InChI is InChI=1S/C26H25N5O3/c1-3-26(11-5-4-6-22(26)32)30-24(33)19-9-12-31(16-19)23-17(2)15-27-25(29-23)28-20-7-8-21-18(14-20)10-13-34-21/h4-16,22,32H,3H2,1-2H3,(H,30,33)(H,27,28,29). The van der Waals surface area contributed by atoms with E-state index in [0.717, 1.165) is 22.2 Å². The Morgan fingerprint density at radius 1 is 1.26 bits per heavy atom. The number of carbonyl (C=O) groups is 1. The molecule has 1 aliphatic carbocycles. The number of anilines is 2. The number of carbonyl (C=O) groups excluding carboxylic acids is 1. The largest absolute Gasteiger partial charge is 0.464 e. The van der Waals surface area contributed by atoms with Gasteiger partial charge < -0.3 is 24.7 Å². The third kappa shape index (κ3) is 3.99. The van der Waals surface area contributed by atoms with Gasteiger partial charge in [-0.05, 0) is 43.7 Å². The number of benzene rings is 1. The molecule has 1 aliphatic rings. The molecule has 5 rings (SSSR count). The molecule has 0 bridgehead atoms. The maximum absolute atomic E-state index is 13.0. The Bertz CT molecular complexity index is 1420. The molecule has 8 heteroatoms. The zero-order valence-corrected chi connectivity index (χ0v) is 18.9. The maximum Gasteiger partial charge on any atom is 0.253 e. The Morgan fingerprint density at radius 3 is 2.97 bits per heavy atom. The molecule has 0 aliphatic heterocycles. The first-order chi connectivity index (χ1) is 16.5. The summed E-state index contributed by atoms with van der Waals surface area (Å²) in [6.45, 7) is 3.85. The SMILES string of the molecule is CCC1(NC(=O)c2ccn(-c3nc(Nc4ccc5occc5c4)ncc3C)c2)C=CC=CC1O. The van der Waals surface area contributed by atoms with Crippen molar-refractivity contribution in [2.75, 3.05) is 5.32 Å². The summed E-state index contributed by atoms with van der Waals surface area (Å²) >= 11 is 0. The number of aliphatic hydroxyl groups is 1. The lowest BCUT2D eigenvalue weighted by atomic mass is 9.85. The van der Waals surface area contributed by atoms with Crippen LogP contribution >= 0.6 is 0 Å². The van der Waals surface area contributed by atoms with Crippen LogP contribution in [-0.4, -0.2) is 37.2 Å². The van der Waals surface area contributed by atoms with Crippen molar-refractivity contribution >= 4 is 28.5 Å². The summed E-state index contributed by atoms with van der Waals surface area (Å²) in [5, 5.41) is 17.6. The van der Waals surface area contributed by atoms with E-state index in [1.54, 1.807) is 47.6 Å². The van der Waals surface area contributed by atoms with Gasteiger partial charge in [-0.2, -0.15) is 4.98 Å². The van der Waals surface area contributed by atoms with Crippen molar-refractivity contribution in [2.24, 2.45) is 0 Å². The molecule has 172 valence electrons. The van der Waals surface area contributed by atoms with Crippen molar-refractivity contribution in [3.05, 3.63) is 90.6 Å². The van der Waals surface area contributed by atoms with Gasteiger partial charge in [-0.15, -0.1) is 0 Å². The van der Waals surface area contributed by atoms with Crippen LogP contribution in [0.3, 0.4) is 0 Å². The molecular weight excluding hydrogens is 430 g/mol. The van der Waals surface area contributed by atoms with Gasteiger partial charge in [0.1, 0.15) is 11.4 Å². The van der Waals surface area contributed by atoms with E-state index < -0.39 is 11.6 Å². The average molecular weight is 456 g/mol. The second-order valence-corrected chi connectivity index (χ2v) is 8.34. The molecule has 0 radical (unpaired) electrons. The van der Waals surface area contributed by atoms with E-state index >= 15 is 0 Å². The number of hydrogen-bond acceptors (Lipinski definition) is 6. The number of aliphatic hydroxyl groups excluding tert-OH is 1. The van der Waals surface area contributed by atoms with Gasteiger partial charge in [-0.1, -0.05) is 31.2 Å². The average Bonchev–Trinajstić information content (AvgIpc) is 3.51. The predicted octanol–water partition coefficient (Wildman–Crippen LogP) is 4.43. The predicted molar refractivity (Wildman–Crippen MR) is 130 cm³/mol. The minimum Gasteiger partial charge on any atom is -0.464 e. The van der Waals surface area contributed by atoms with E-state index in [0.29, 0.717) is 23.8 Å². The lowest BCUT2D eigenvalue weighted by Crippen LogP contribution is -2.55. The number of fused-ring (bicyclic) bond motifs is 1. The van der Waals surface area contributed by atoms with Gasteiger partial charge >= 0.3 is 0 Å². The molecular formula is C26H25N5O3. The third-order valence-corrected chi connectivity index (χ3v) is 6.11. The van der Waals surface area contributed by atoms with Crippen molar-refractivity contribution in [1.82, 2.24) is 19.9 Å². The molecule has 3 aromatic heterocycles. The lowest BCUT2D eigenvalue weighted by molar-refractivity contribution is 0.0789. The lowest BCUT2D eigenvalue weighted by Gasteiger charge is -2.35. The monoisotopic (exact) mass is 455 g/mol. The van der Waals surface area contributed by atoms with E-state index in [1.807, 2.05) is 50.3 Å². The molecule has 34 heavy (non-hydrogen) atoms. The molecule has 3 N–H and O–H groups in total. The van der Waals surface area contributed by atoms with Crippen LogP contribution in [0, 0.1) is 6.92 Å². The second-order valence-electron chi connectivity index (χ2n) is 8.34. The normalized spacial score (nSPS) is 19.4. The number of hydrogen-bond donors (Lipinski definition) is 3. The topological polar surface area (TPSA) is 105 Å². The number of aromatic nitrogens is 3. The van der Waals surface area contributed by atoms with Crippen molar-refractivity contribution in [3.8, 4) is 5.82 Å².